The number of ether oxygens (including phenoxy) is 1. The van der Waals surface area contributed by atoms with Gasteiger partial charge in [-0.1, -0.05) is 30.4 Å². The minimum atomic E-state index is -0.460. The third-order valence-corrected chi connectivity index (χ3v) is 3.19. The van der Waals surface area contributed by atoms with Crippen LogP contribution in [-0.2, 0) is 4.79 Å². The number of thiocarbonyl (C=S) groups is 1. The molecule has 2 atom stereocenters. The number of hydrogen-bond donors (Lipinski definition) is 2. The molecule has 4 nitrogen and oxygen atoms in total. The van der Waals surface area contributed by atoms with Gasteiger partial charge >= 0.3 is 0 Å². The van der Waals surface area contributed by atoms with Gasteiger partial charge in [0, 0.05) is 5.56 Å². The van der Waals surface area contributed by atoms with Crippen molar-refractivity contribution in [2.45, 2.75) is 13.0 Å². The summed E-state index contributed by atoms with van der Waals surface area (Å²) < 4.78 is 5.47. The highest BCUT2D eigenvalue weighted by Crippen LogP contribution is 2.31. The monoisotopic (exact) mass is 250 g/mol. The lowest BCUT2D eigenvalue weighted by atomic mass is 10.1. The average Bonchev–Trinajstić information content (AvgIpc) is 2.71. The molecule has 0 radical (unpaired) electrons. The van der Waals surface area contributed by atoms with Crippen LogP contribution in [0.25, 0.3) is 0 Å². The fraction of sp³-hybridized carbons (Fsp3) is 0.333. The van der Waals surface area contributed by atoms with E-state index >= 15 is 0 Å². The number of hydrogen-bond acceptors (Lipinski definition) is 3. The number of fused-ring (bicyclic) bond motifs is 1. The number of rotatable bonds is 3. The molecule has 1 aliphatic rings. The minimum absolute atomic E-state index is 0.115. The lowest BCUT2D eigenvalue weighted by Gasteiger charge is -2.15. The maximum atomic E-state index is 11.8. The van der Waals surface area contributed by atoms with E-state index in [1.165, 1.54) is 0 Å². The van der Waals surface area contributed by atoms with Crippen LogP contribution >= 0.6 is 12.2 Å². The minimum Gasteiger partial charge on any atom is -0.491 e. The van der Waals surface area contributed by atoms with Crippen molar-refractivity contribution in [3.05, 3.63) is 29.8 Å². The molecule has 1 aromatic carbocycles. The first-order chi connectivity index (χ1) is 8.09. The van der Waals surface area contributed by atoms with E-state index in [1.54, 1.807) is 6.92 Å². The van der Waals surface area contributed by atoms with Crippen LogP contribution < -0.4 is 15.8 Å². The van der Waals surface area contributed by atoms with E-state index in [9.17, 15) is 4.79 Å². The second-order valence-corrected chi connectivity index (χ2v) is 4.51. The van der Waals surface area contributed by atoms with Crippen LogP contribution in [0.4, 0.5) is 0 Å². The first-order valence-corrected chi connectivity index (χ1v) is 5.82. The van der Waals surface area contributed by atoms with E-state index in [4.69, 9.17) is 22.7 Å². The molecule has 0 aliphatic carbocycles. The molecule has 90 valence electrons. The van der Waals surface area contributed by atoms with Gasteiger partial charge in [0.25, 0.3) is 0 Å². The van der Waals surface area contributed by atoms with Crippen molar-refractivity contribution in [2.75, 3.05) is 6.61 Å². The zero-order chi connectivity index (χ0) is 12.4. The Morgan fingerprint density at radius 3 is 3.00 bits per heavy atom. The third-order valence-electron chi connectivity index (χ3n) is 2.84. The summed E-state index contributed by atoms with van der Waals surface area (Å²) in [6.45, 7) is 2.15. The summed E-state index contributed by atoms with van der Waals surface area (Å²) in [7, 11) is 0. The Morgan fingerprint density at radius 1 is 1.59 bits per heavy atom. The van der Waals surface area contributed by atoms with Crippen LogP contribution in [0.5, 0.6) is 5.75 Å². The Labute approximate surface area is 105 Å². The van der Waals surface area contributed by atoms with Gasteiger partial charge < -0.3 is 15.8 Å². The van der Waals surface area contributed by atoms with Crippen molar-refractivity contribution in [2.24, 2.45) is 11.7 Å². The number of para-hydroxylation sites is 1. The van der Waals surface area contributed by atoms with E-state index in [0.29, 0.717) is 6.61 Å². The molecule has 5 heteroatoms. The maximum Gasteiger partial charge on any atom is 0.230 e. The smallest absolute Gasteiger partial charge is 0.230 e. The van der Waals surface area contributed by atoms with Gasteiger partial charge in [-0.15, -0.1) is 0 Å². The number of carbonyl (C=O) groups excluding carboxylic acids is 1. The van der Waals surface area contributed by atoms with Crippen molar-refractivity contribution in [3.63, 3.8) is 0 Å². The predicted octanol–water partition coefficient (Wildman–Crippen LogP) is 1.16. The second-order valence-electron chi connectivity index (χ2n) is 4.03. The normalized spacial score (nSPS) is 19.0. The van der Waals surface area contributed by atoms with E-state index in [1.807, 2.05) is 24.3 Å². The number of nitrogens with two attached hydrogens (primary N) is 1. The molecule has 2 unspecified atom stereocenters. The molecular formula is C12H14N2O2S. The average molecular weight is 250 g/mol. The summed E-state index contributed by atoms with van der Waals surface area (Å²) in [5, 5.41) is 2.88. The van der Waals surface area contributed by atoms with Crippen molar-refractivity contribution < 1.29 is 9.53 Å². The Kier molecular flexibility index (Phi) is 3.28. The number of nitrogens with one attached hydrogen (secondary N) is 1. The number of amides is 1. The van der Waals surface area contributed by atoms with Crippen LogP contribution in [-0.4, -0.2) is 17.5 Å². The topological polar surface area (TPSA) is 64.3 Å². The van der Waals surface area contributed by atoms with Gasteiger partial charge in [-0.3, -0.25) is 4.79 Å². The molecule has 3 N–H and O–H groups in total. The molecule has 0 saturated heterocycles. The molecular weight excluding hydrogens is 236 g/mol. The number of carbonyl (C=O) groups is 1. The molecule has 0 fully saturated rings. The number of benzene rings is 1. The lowest BCUT2D eigenvalue weighted by Crippen LogP contribution is -2.38. The Bertz CT molecular complexity index is 462. The van der Waals surface area contributed by atoms with Gasteiger partial charge in [0.2, 0.25) is 5.91 Å². The summed E-state index contributed by atoms with van der Waals surface area (Å²) in [5.41, 5.74) is 6.44. The predicted molar refractivity (Wildman–Crippen MR) is 68.8 cm³/mol. The molecule has 2 rings (SSSR count). The van der Waals surface area contributed by atoms with Crippen LogP contribution in [0.1, 0.15) is 18.5 Å². The molecule has 1 heterocycles. The van der Waals surface area contributed by atoms with E-state index in [0.717, 1.165) is 11.3 Å². The van der Waals surface area contributed by atoms with Gasteiger partial charge in [0.15, 0.2) is 0 Å². The zero-order valence-corrected chi connectivity index (χ0v) is 10.3. The van der Waals surface area contributed by atoms with Gasteiger partial charge in [-0.2, -0.15) is 0 Å². The SMILES string of the molecule is CC(C(=O)NC1COc2ccccc21)C(N)=S. The fourth-order valence-corrected chi connectivity index (χ4v) is 1.82. The first-order valence-electron chi connectivity index (χ1n) is 5.41. The van der Waals surface area contributed by atoms with Crippen molar-refractivity contribution in [1.29, 1.82) is 0 Å². The second kappa shape index (κ2) is 4.71. The Balaban J connectivity index is 2.07. The van der Waals surface area contributed by atoms with Crippen LogP contribution in [0, 0.1) is 5.92 Å². The summed E-state index contributed by atoms with van der Waals surface area (Å²) >= 11 is 4.80. The largest absolute Gasteiger partial charge is 0.491 e. The quantitative estimate of drug-likeness (QED) is 0.790. The van der Waals surface area contributed by atoms with Crippen molar-refractivity contribution >= 4 is 23.1 Å². The molecule has 1 amide bonds. The third kappa shape index (κ3) is 2.39. The Morgan fingerprint density at radius 2 is 2.29 bits per heavy atom. The molecule has 0 bridgehead atoms. The van der Waals surface area contributed by atoms with Crippen molar-refractivity contribution in [3.8, 4) is 5.75 Å². The van der Waals surface area contributed by atoms with E-state index < -0.39 is 5.92 Å². The highest BCUT2D eigenvalue weighted by atomic mass is 32.1. The molecule has 0 saturated carbocycles. The summed E-state index contributed by atoms with van der Waals surface area (Å²) in [4.78, 5) is 12.0. The molecule has 1 aliphatic heterocycles. The van der Waals surface area contributed by atoms with Gasteiger partial charge in [-0.25, -0.2) is 0 Å². The van der Waals surface area contributed by atoms with Gasteiger partial charge in [-0.05, 0) is 13.0 Å². The molecule has 1 aromatic rings. The highest BCUT2D eigenvalue weighted by Gasteiger charge is 2.27. The summed E-state index contributed by atoms with van der Waals surface area (Å²) in [5.74, 6) is 0.196. The van der Waals surface area contributed by atoms with E-state index in [-0.39, 0.29) is 16.9 Å². The molecule has 0 spiro atoms. The fourth-order valence-electron chi connectivity index (χ4n) is 1.71. The van der Waals surface area contributed by atoms with Crippen LogP contribution in [0.2, 0.25) is 0 Å². The lowest BCUT2D eigenvalue weighted by molar-refractivity contribution is -0.123. The van der Waals surface area contributed by atoms with Crippen LogP contribution in [0.3, 0.4) is 0 Å². The molecule has 0 aromatic heterocycles. The van der Waals surface area contributed by atoms with Crippen molar-refractivity contribution in [1.82, 2.24) is 5.32 Å². The zero-order valence-electron chi connectivity index (χ0n) is 9.47. The van der Waals surface area contributed by atoms with Crippen LogP contribution in [0.15, 0.2) is 24.3 Å². The standard InChI is InChI=1S/C12H14N2O2S/c1-7(11(13)17)12(15)14-9-6-16-10-5-3-2-4-8(9)10/h2-5,7,9H,6H2,1H3,(H2,13,17)(H,14,15). The Hall–Kier alpha value is -1.62. The summed E-state index contributed by atoms with van der Waals surface area (Å²) in [6, 6.07) is 7.54. The van der Waals surface area contributed by atoms with Gasteiger partial charge in [0.05, 0.1) is 16.9 Å². The van der Waals surface area contributed by atoms with E-state index in [2.05, 4.69) is 5.32 Å². The van der Waals surface area contributed by atoms with Gasteiger partial charge in [0.1, 0.15) is 12.4 Å². The highest BCUT2D eigenvalue weighted by molar-refractivity contribution is 7.80. The molecule has 17 heavy (non-hydrogen) atoms. The first kappa shape index (κ1) is 11.9. The maximum absolute atomic E-state index is 11.8. The summed E-state index contributed by atoms with van der Waals surface area (Å²) in [6.07, 6.45) is 0.